The van der Waals surface area contributed by atoms with Gasteiger partial charge in [-0.3, -0.25) is 14.5 Å². The van der Waals surface area contributed by atoms with Crippen molar-refractivity contribution in [1.82, 2.24) is 4.90 Å². The summed E-state index contributed by atoms with van der Waals surface area (Å²) in [4.78, 5) is 36.7. The fourth-order valence-electron chi connectivity index (χ4n) is 2.59. The molecule has 1 aromatic carbocycles. The summed E-state index contributed by atoms with van der Waals surface area (Å²) < 4.78 is 0. The molecule has 5 heteroatoms. The number of carbonyl (C=O) groups is 3. The van der Waals surface area contributed by atoms with Crippen LogP contribution in [-0.4, -0.2) is 33.8 Å². The van der Waals surface area contributed by atoms with E-state index in [1.54, 1.807) is 24.3 Å². The number of hydrogen-bond acceptors (Lipinski definition) is 3. The van der Waals surface area contributed by atoms with Crippen LogP contribution in [0.15, 0.2) is 24.3 Å². The monoisotopic (exact) mass is 259 g/mol. The van der Waals surface area contributed by atoms with E-state index in [0.29, 0.717) is 11.1 Å². The minimum absolute atomic E-state index is 0.0873. The number of carboxylic acids is 1. The quantitative estimate of drug-likeness (QED) is 0.824. The summed E-state index contributed by atoms with van der Waals surface area (Å²) in [5.41, 5.74) is 1.11. The molecule has 1 atom stereocenters. The molecule has 0 bridgehead atoms. The van der Waals surface area contributed by atoms with Gasteiger partial charge in [0.2, 0.25) is 5.91 Å². The second kappa shape index (κ2) is 4.19. The topological polar surface area (TPSA) is 74.7 Å². The Bertz CT molecular complexity index is 577. The van der Waals surface area contributed by atoms with Crippen LogP contribution in [0.4, 0.5) is 0 Å². The number of amides is 2. The van der Waals surface area contributed by atoms with E-state index in [-0.39, 0.29) is 12.3 Å². The molecule has 5 nitrogen and oxygen atoms in total. The van der Waals surface area contributed by atoms with Gasteiger partial charge < -0.3 is 5.11 Å². The average Bonchev–Trinajstić information content (AvgIpc) is 3.18. The maximum Gasteiger partial charge on any atom is 0.327 e. The minimum Gasteiger partial charge on any atom is -0.480 e. The zero-order valence-electron chi connectivity index (χ0n) is 10.2. The molecule has 1 unspecified atom stereocenters. The van der Waals surface area contributed by atoms with E-state index in [1.807, 2.05) is 0 Å². The molecule has 1 saturated carbocycles. The molecule has 1 N–H and O–H groups in total. The van der Waals surface area contributed by atoms with Crippen molar-refractivity contribution >= 4 is 17.8 Å². The van der Waals surface area contributed by atoms with Crippen molar-refractivity contribution in [2.45, 2.75) is 25.3 Å². The largest absolute Gasteiger partial charge is 0.480 e. The van der Waals surface area contributed by atoms with Gasteiger partial charge in [0.25, 0.3) is 5.91 Å². The molecule has 2 aliphatic rings. The molecule has 3 rings (SSSR count). The number of carboxylic acid groups (broad SMARTS) is 1. The molecule has 0 radical (unpaired) electrons. The maximum absolute atomic E-state index is 12.3. The highest BCUT2D eigenvalue weighted by Crippen LogP contribution is 2.37. The second-order valence-corrected chi connectivity index (χ2v) is 5.02. The van der Waals surface area contributed by atoms with Crippen molar-refractivity contribution in [2.75, 3.05) is 0 Å². The fraction of sp³-hybridized carbons (Fsp3) is 0.357. The van der Waals surface area contributed by atoms with Crippen molar-refractivity contribution in [3.8, 4) is 0 Å². The number of nitrogens with zero attached hydrogens (tertiary/aromatic N) is 1. The Hall–Kier alpha value is -2.17. The zero-order valence-corrected chi connectivity index (χ0v) is 10.2. The van der Waals surface area contributed by atoms with Crippen molar-refractivity contribution in [2.24, 2.45) is 5.92 Å². The first-order valence-corrected chi connectivity index (χ1v) is 6.26. The molecule has 19 heavy (non-hydrogen) atoms. The highest BCUT2D eigenvalue weighted by molar-refractivity contribution is 6.11. The van der Waals surface area contributed by atoms with E-state index < -0.39 is 23.8 Å². The lowest BCUT2D eigenvalue weighted by atomic mass is 9.96. The van der Waals surface area contributed by atoms with Crippen LogP contribution in [0.3, 0.4) is 0 Å². The van der Waals surface area contributed by atoms with Crippen LogP contribution in [0.1, 0.15) is 28.8 Å². The Balaban J connectivity index is 2.01. The van der Waals surface area contributed by atoms with E-state index in [9.17, 15) is 19.5 Å². The summed E-state index contributed by atoms with van der Waals surface area (Å²) in [6.07, 6.45) is 1.61. The van der Waals surface area contributed by atoms with Gasteiger partial charge in [0.1, 0.15) is 6.04 Å². The lowest BCUT2D eigenvalue weighted by molar-refractivity contribution is -0.148. The van der Waals surface area contributed by atoms with Gasteiger partial charge in [-0.2, -0.15) is 0 Å². The summed E-state index contributed by atoms with van der Waals surface area (Å²) in [7, 11) is 0. The van der Waals surface area contributed by atoms with Crippen LogP contribution < -0.4 is 0 Å². The molecular weight excluding hydrogens is 246 g/mol. The molecule has 1 fully saturated rings. The molecule has 1 aliphatic carbocycles. The third-order valence-electron chi connectivity index (χ3n) is 3.68. The summed E-state index contributed by atoms with van der Waals surface area (Å²) in [5.74, 6) is -2.08. The molecule has 98 valence electrons. The summed E-state index contributed by atoms with van der Waals surface area (Å²) in [6.45, 7) is 0. The van der Waals surface area contributed by atoms with Gasteiger partial charge in [0, 0.05) is 5.56 Å². The fourth-order valence-corrected chi connectivity index (χ4v) is 2.59. The van der Waals surface area contributed by atoms with Crippen LogP contribution >= 0.6 is 0 Å². The van der Waals surface area contributed by atoms with Crippen LogP contribution in [0.2, 0.25) is 0 Å². The number of fused-ring (bicyclic) bond motifs is 1. The van der Waals surface area contributed by atoms with Gasteiger partial charge in [0.15, 0.2) is 0 Å². The smallest absolute Gasteiger partial charge is 0.327 e. The number of benzene rings is 1. The number of hydrogen-bond donors (Lipinski definition) is 1. The predicted octanol–water partition coefficient (Wildman–Crippen LogP) is 1.07. The molecule has 1 aliphatic heterocycles. The Morgan fingerprint density at radius 3 is 2.58 bits per heavy atom. The number of aliphatic carboxylic acids is 1. The normalized spacial score (nSPS) is 20.1. The van der Waals surface area contributed by atoms with E-state index >= 15 is 0 Å². The van der Waals surface area contributed by atoms with E-state index in [0.717, 1.165) is 17.7 Å². The Labute approximate surface area is 109 Å². The third kappa shape index (κ3) is 1.91. The molecule has 0 spiro atoms. The summed E-state index contributed by atoms with van der Waals surface area (Å²) in [6, 6.07) is 5.86. The van der Waals surface area contributed by atoms with E-state index in [2.05, 4.69) is 0 Å². The predicted molar refractivity (Wildman–Crippen MR) is 65.5 cm³/mol. The second-order valence-electron chi connectivity index (χ2n) is 5.02. The van der Waals surface area contributed by atoms with E-state index in [1.165, 1.54) is 0 Å². The van der Waals surface area contributed by atoms with Gasteiger partial charge in [0.05, 0.1) is 6.42 Å². The van der Waals surface area contributed by atoms with Crippen molar-refractivity contribution in [1.29, 1.82) is 0 Å². The van der Waals surface area contributed by atoms with Gasteiger partial charge in [-0.15, -0.1) is 0 Å². The lowest BCUT2D eigenvalue weighted by Crippen LogP contribution is -2.52. The van der Waals surface area contributed by atoms with Crippen molar-refractivity contribution in [3.05, 3.63) is 35.4 Å². The Morgan fingerprint density at radius 2 is 1.95 bits per heavy atom. The number of imide groups is 1. The highest BCUT2D eigenvalue weighted by atomic mass is 16.4. The molecule has 0 aromatic heterocycles. The van der Waals surface area contributed by atoms with Gasteiger partial charge in [-0.05, 0) is 30.4 Å². The SMILES string of the molecule is O=C(O)C(C1CC1)N1C(=O)Cc2ccccc2C1=O. The number of rotatable bonds is 3. The summed E-state index contributed by atoms with van der Waals surface area (Å²) >= 11 is 0. The first-order valence-electron chi connectivity index (χ1n) is 6.26. The summed E-state index contributed by atoms with van der Waals surface area (Å²) in [5, 5.41) is 9.27. The number of carbonyl (C=O) groups excluding carboxylic acids is 2. The molecule has 1 heterocycles. The van der Waals surface area contributed by atoms with Crippen LogP contribution in [-0.2, 0) is 16.0 Å². The molecule has 0 saturated heterocycles. The first kappa shape index (κ1) is 11.9. The molecular formula is C14H13NO4. The molecule has 2 amide bonds. The van der Waals surface area contributed by atoms with Crippen molar-refractivity contribution < 1.29 is 19.5 Å². The first-order chi connectivity index (χ1) is 9.09. The van der Waals surface area contributed by atoms with Gasteiger partial charge in [-0.1, -0.05) is 18.2 Å². The standard InChI is InChI=1S/C14H13NO4/c16-11-7-9-3-1-2-4-10(9)13(17)15(11)12(14(18)19)8-5-6-8/h1-4,8,12H,5-7H2,(H,18,19). The zero-order chi connectivity index (χ0) is 13.6. The minimum atomic E-state index is -1.09. The van der Waals surface area contributed by atoms with Gasteiger partial charge in [-0.25, -0.2) is 4.79 Å². The highest BCUT2D eigenvalue weighted by Gasteiger charge is 2.46. The van der Waals surface area contributed by atoms with Crippen LogP contribution in [0, 0.1) is 5.92 Å². The van der Waals surface area contributed by atoms with Gasteiger partial charge >= 0.3 is 5.97 Å². The van der Waals surface area contributed by atoms with E-state index in [4.69, 9.17) is 0 Å². The van der Waals surface area contributed by atoms with Crippen LogP contribution in [0.25, 0.3) is 0 Å². The molecule has 1 aromatic rings. The van der Waals surface area contributed by atoms with Crippen molar-refractivity contribution in [3.63, 3.8) is 0 Å². The average molecular weight is 259 g/mol. The van der Waals surface area contributed by atoms with Crippen LogP contribution in [0.5, 0.6) is 0 Å². The third-order valence-corrected chi connectivity index (χ3v) is 3.68. The maximum atomic E-state index is 12.3. The Kier molecular flexibility index (Phi) is 2.62. The Morgan fingerprint density at radius 1 is 1.26 bits per heavy atom. The lowest BCUT2D eigenvalue weighted by Gasteiger charge is -2.31.